The molecule has 15 heavy (non-hydrogen) atoms. The molecule has 2 atom stereocenters. The topological polar surface area (TPSA) is 49.3 Å². The van der Waals surface area contributed by atoms with Crippen molar-refractivity contribution in [2.75, 3.05) is 13.1 Å². The Hall–Kier alpha value is -1.35. The highest BCUT2D eigenvalue weighted by atomic mass is 16.4. The summed E-state index contributed by atoms with van der Waals surface area (Å²) in [4.78, 5) is 11.0. The van der Waals surface area contributed by atoms with Gasteiger partial charge in [-0.15, -0.1) is 0 Å². The number of nitrogens with one attached hydrogen (secondary N) is 1. The number of hydrogen-bond acceptors (Lipinski definition) is 2. The molecule has 0 unspecified atom stereocenters. The van der Waals surface area contributed by atoms with Gasteiger partial charge in [0.05, 0.1) is 5.92 Å². The molecule has 0 saturated carbocycles. The van der Waals surface area contributed by atoms with Crippen LogP contribution in [0.15, 0.2) is 24.3 Å². The van der Waals surface area contributed by atoms with Crippen LogP contribution in [0.3, 0.4) is 0 Å². The fourth-order valence-electron chi connectivity index (χ4n) is 2.19. The molecule has 1 aromatic carbocycles. The lowest BCUT2D eigenvalue weighted by atomic mass is 9.88. The van der Waals surface area contributed by atoms with E-state index in [2.05, 4.69) is 11.4 Å². The van der Waals surface area contributed by atoms with Crippen LogP contribution in [0, 0.1) is 12.8 Å². The van der Waals surface area contributed by atoms with Gasteiger partial charge in [-0.2, -0.15) is 0 Å². The van der Waals surface area contributed by atoms with E-state index in [1.54, 1.807) is 0 Å². The molecule has 1 aliphatic heterocycles. The van der Waals surface area contributed by atoms with Gasteiger partial charge in [-0.3, -0.25) is 4.79 Å². The highest BCUT2D eigenvalue weighted by Gasteiger charge is 2.33. The molecule has 0 radical (unpaired) electrons. The molecule has 1 fully saturated rings. The van der Waals surface area contributed by atoms with Crippen LogP contribution in [0.2, 0.25) is 0 Å². The highest BCUT2D eigenvalue weighted by Crippen LogP contribution is 2.28. The zero-order valence-electron chi connectivity index (χ0n) is 8.73. The van der Waals surface area contributed by atoms with Crippen LogP contribution in [0.4, 0.5) is 0 Å². The van der Waals surface area contributed by atoms with Crippen LogP contribution >= 0.6 is 0 Å². The largest absolute Gasteiger partial charge is 0.481 e. The van der Waals surface area contributed by atoms with Gasteiger partial charge in [-0.25, -0.2) is 0 Å². The molecular weight excluding hydrogens is 190 g/mol. The lowest BCUT2D eigenvalue weighted by Gasteiger charge is -2.15. The van der Waals surface area contributed by atoms with Crippen molar-refractivity contribution >= 4 is 5.97 Å². The Morgan fingerprint density at radius 3 is 2.93 bits per heavy atom. The van der Waals surface area contributed by atoms with Crippen molar-refractivity contribution in [2.24, 2.45) is 5.92 Å². The van der Waals surface area contributed by atoms with Crippen molar-refractivity contribution in [1.29, 1.82) is 0 Å². The fraction of sp³-hybridized carbons (Fsp3) is 0.417. The Labute approximate surface area is 89.1 Å². The third-order valence-electron chi connectivity index (χ3n) is 3.00. The fourth-order valence-corrected chi connectivity index (χ4v) is 2.19. The van der Waals surface area contributed by atoms with Gasteiger partial charge < -0.3 is 10.4 Å². The minimum absolute atomic E-state index is 0.113. The van der Waals surface area contributed by atoms with E-state index < -0.39 is 5.97 Å². The predicted molar refractivity (Wildman–Crippen MR) is 57.9 cm³/mol. The number of carboxylic acids is 1. The van der Waals surface area contributed by atoms with Gasteiger partial charge in [-0.05, 0) is 12.5 Å². The van der Waals surface area contributed by atoms with E-state index in [1.165, 1.54) is 5.56 Å². The minimum Gasteiger partial charge on any atom is -0.481 e. The van der Waals surface area contributed by atoms with Crippen molar-refractivity contribution in [2.45, 2.75) is 12.8 Å². The van der Waals surface area contributed by atoms with Gasteiger partial charge in [0.25, 0.3) is 0 Å². The molecule has 1 aromatic rings. The van der Waals surface area contributed by atoms with Crippen molar-refractivity contribution in [3.05, 3.63) is 35.4 Å². The molecule has 1 aliphatic rings. The standard InChI is InChI=1S/C12H15NO2/c1-8-3-2-4-9(5-8)10-6-13-7-11(10)12(14)15/h2-5,10-11,13H,6-7H2,1H3,(H,14,15)/t10-,11+/m1/s1. The van der Waals surface area contributed by atoms with Crippen molar-refractivity contribution in [3.63, 3.8) is 0 Å². The predicted octanol–water partition coefficient (Wildman–Crippen LogP) is 1.38. The third-order valence-corrected chi connectivity index (χ3v) is 3.00. The summed E-state index contributed by atoms with van der Waals surface area (Å²) in [6.45, 7) is 3.37. The quantitative estimate of drug-likeness (QED) is 0.767. The molecule has 1 saturated heterocycles. The summed E-state index contributed by atoms with van der Waals surface area (Å²) < 4.78 is 0. The first-order valence-corrected chi connectivity index (χ1v) is 5.18. The van der Waals surface area contributed by atoms with E-state index in [4.69, 9.17) is 5.11 Å². The normalized spacial score (nSPS) is 25.4. The van der Waals surface area contributed by atoms with Gasteiger partial charge in [0.1, 0.15) is 0 Å². The van der Waals surface area contributed by atoms with Crippen molar-refractivity contribution < 1.29 is 9.90 Å². The van der Waals surface area contributed by atoms with Crippen molar-refractivity contribution in [1.82, 2.24) is 5.32 Å². The summed E-state index contributed by atoms with van der Waals surface area (Å²) in [5, 5.41) is 12.2. The molecule has 80 valence electrons. The Kier molecular flexibility index (Phi) is 2.73. The molecule has 3 nitrogen and oxygen atoms in total. The summed E-state index contributed by atoms with van der Waals surface area (Å²) in [6.07, 6.45) is 0. The molecule has 0 aromatic heterocycles. The maximum absolute atomic E-state index is 11.0. The van der Waals surface area contributed by atoms with E-state index in [1.807, 2.05) is 25.1 Å². The number of aryl methyl sites for hydroxylation is 1. The molecule has 0 spiro atoms. The monoisotopic (exact) mass is 205 g/mol. The highest BCUT2D eigenvalue weighted by molar-refractivity contribution is 5.72. The molecule has 2 N–H and O–H groups in total. The van der Waals surface area contributed by atoms with Crippen LogP contribution in [-0.2, 0) is 4.79 Å². The van der Waals surface area contributed by atoms with Gasteiger partial charge in [-0.1, -0.05) is 29.8 Å². The van der Waals surface area contributed by atoms with E-state index in [0.29, 0.717) is 6.54 Å². The van der Waals surface area contributed by atoms with Crippen LogP contribution in [0.25, 0.3) is 0 Å². The Bertz CT molecular complexity index is 376. The lowest BCUT2D eigenvalue weighted by molar-refractivity contribution is -0.141. The third kappa shape index (κ3) is 2.02. The van der Waals surface area contributed by atoms with Crippen LogP contribution in [0.5, 0.6) is 0 Å². The number of carbonyl (C=O) groups is 1. The molecule has 0 amide bonds. The maximum atomic E-state index is 11.0. The lowest BCUT2D eigenvalue weighted by Crippen LogP contribution is -2.21. The minimum atomic E-state index is -0.702. The number of benzene rings is 1. The van der Waals surface area contributed by atoms with E-state index in [9.17, 15) is 4.79 Å². The number of hydrogen-bond donors (Lipinski definition) is 2. The first-order valence-electron chi connectivity index (χ1n) is 5.18. The van der Waals surface area contributed by atoms with E-state index in [0.717, 1.165) is 12.1 Å². The Morgan fingerprint density at radius 2 is 2.27 bits per heavy atom. The Balaban J connectivity index is 2.26. The smallest absolute Gasteiger partial charge is 0.308 e. The second kappa shape index (κ2) is 4.03. The number of carboxylic acid groups (broad SMARTS) is 1. The summed E-state index contributed by atoms with van der Waals surface area (Å²) in [7, 11) is 0. The van der Waals surface area contributed by atoms with Crippen LogP contribution < -0.4 is 5.32 Å². The molecule has 2 rings (SSSR count). The van der Waals surface area contributed by atoms with Crippen LogP contribution in [-0.4, -0.2) is 24.2 Å². The summed E-state index contributed by atoms with van der Waals surface area (Å²) >= 11 is 0. The van der Waals surface area contributed by atoms with Gasteiger partial charge >= 0.3 is 5.97 Å². The molecule has 0 aliphatic carbocycles. The van der Waals surface area contributed by atoms with Gasteiger partial charge in [0, 0.05) is 19.0 Å². The Morgan fingerprint density at radius 1 is 1.47 bits per heavy atom. The second-order valence-electron chi connectivity index (χ2n) is 4.12. The zero-order valence-corrected chi connectivity index (χ0v) is 8.73. The first-order chi connectivity index (χ1) is 7.18. The van der Waals surface area contributed by atoms with E-state index in [-0.39, 0.29) is 11.8 Å². The van der Waals surface area contributed by atoms with E-state index >= 15 is 0 Å². The molecule has 0 bridgehead atoms. The first kappa shape index (κ1) is 10.2. The maximum Gasteiger partial charge on any atom is 0.308 e. The van der Waals surface area contributed by atoms with Crippen LogP contribution in [0.1, 0.15) is 17.0 Å². The second-order valence-corrected chi connectivity index (χ2v) is 4.12. The summed E-state index contributed by atoms with van der Waals surface area (Å²) in [6, 6.07) is 8.11. The average molecular weight is 205 g/mol. The van der Waals surface area contributed by atoms with Gasteiger partial charge in [0.15, 0.2) is 0 Å². The summed E-state index contributed by atoms with van der Waals surface area (Å²) in [5.74, 6) is -0.874. The average Bonchev–Trinajstić information content (AvgIpc) is 2.65. The number of rotatable bonds is 2. The molecular formula is C12H15NO2. The van der Waals surface area contributed by atoms with Crippen molar-refractivity contribution in [3.8, 4) is 0 Å². The van der Waals surface area contributed by atoms with Gasteiger partial charge in [0.2, 0.25) is 0 Å². The summed E-state index contributed by atoms with van der Waals surface area (Å²) in [5.41, 5.74) is 2.32. The number of aliphatic carboxylic acids is 1. The SMILES string of the molecule is Cc1cccc([C@H]2CNC[C@@H]2C(=O)O)c1. The molecule has 3 heteroatoms. The zero-order chi connectivity index (χ0) is 10.8. The molecule has 1 heterocycles.